The number of carboxylic acid groups (broad SMARTS) is 1. The number of rotatable bonds is 4. The van der Waals surface area contributed by atoms with Crippen LogP contribution in [0.15, 0.2) is 90.6 Å². The van der Waals surface area contributed by atoms with Gasteiger partial charge in [-0.25, -0.2) is 14.8 Å². The van der Waals surface area contributed by atoms with E-state index < -0.39 is 5.97 Å². The Bertz CT molecular complexity index is 1950. The number of aliphatic carboxylic acids is 1. The zero-order valence-corrected chi connectivity index (χ0v) is 30.1. The molecule has 0 spiro atoms. The molecule has 4 aromatic rings. The number of aromatic nitrogens is 4. The lowest BCUT2D eigenvalue weighted by molar-refractivity contribution is -0.131. The first kappa shape index (κ1) is 36.7. The van der Waals surface area contributed by atoms with Crippen LogP contribution >= 0.6 is 0 Å². The van der Waals surface area contributed by atoms with Crippen molar-refractivity contribution in [2.24, 2.45) is 0 Å². The molecule has 0 aliphatic carbocycles. The fraction of sp³-hybridized carbons (Fsp3) is 0.366. The summed E-state index contributed by atoms with van der Waals surface area (Å²) >= 11 is 0. The highest BCUT2D eigenvalue weighted by molar-refractivity contribution is 5.82. The molecule has 2 aromatic heterocycles. The molecule has 52 heavy (non-hydrogen) atoms. The number of hydrogen-bond acceptors (Lipinski definition) is 8. The molecule has 0 radical (unpaired) electrons. The van der Waals surface area contributed by atoms with E-state index in [1.165, 1.54) is 44.8 Å². The number of carbonyl (C=O) groups excluding carboxylic acids is 1. The fourth-order valence-corrected chi connectivity index (χ4v) is 7.49. The van der Waals surface area contributed by atoms with Gasteiger partial charge in [0.1, 0.15) is 17.9 Å². The Morgan fingerprint density at radius 2 is 1.33 bits per heavy atom. The van der Waals surface area contributed by atoms with Crippen LogP contribution in [0.2, 0.25) is 0 Å². The van der Waals surface area contributed by atoms with Crippen molar-refractivity contribution in [3.05, 3.63) is 130 Å². The Balaban J connectivity index is 0.000000149. The van der Waals surface area contributed by atoms with Gasteiger partial charge in [0.05, 0.1) is 24.6 Å². The fourth-order valence-electron chi connectivity index (χ4n) is 7.49. The molecule has 4 aliphatic heterocycles. The third kappa shape index (κ3) is 8.50. The summed E-state index contributed by atoms with van der Waals surface area (Å²) in [4.78, 5) is 33.1. The highest BCUT2D eigenvalue weighted by Gasteiger charge is 2.26. The van der Waals surface area contributed by atoms with E-state index in [-0.39, 0.29) is 13.1 Å². The molecule has 0 unspecified atom stereocenters. The second-order valence-electron chi connectivity index (χ2n) is 13.6. The third-order valence-electron chi connectivity index (χ3n) is 10.3. The molecule has 0 atom stereocenters. The van der Waals surface area contributed by atoms with Gasteiger partial charge in [0, 0.05) is 62.8 Å². The number of aliphatic hydroxyl groups excluding tert-OH is 1. The van der Waals surface area contributed by atoms with E-state index in [4.69, 9.17) is 10.1 Å². The molecule has 11 nitrogen and oxygen atoms in total. The summed E-state index contributed by atoms with van der Waals surface area (Å²) in [5.74, 6) is 1.06. The first-order valence-electron chi connectivity index (χ1n) is 18.0. The quantitative estimate of drug-likeness (QED) is 0.168. The smallest absolute Gasteiger partial charge is 0.331 e. The summed E-state index contributed by atoms with van der Waals surface area (Å²) in [5.41, 5.74) is 12.3. The minimum absolute atomic E-state index is 0.0503. The van der Waals surface area contributed by atoms with Gasteiger partial charge >= 0.3 is 5.97 Å². The van der Waals surface area contributed by atoms with Crippen molar-refractivity contribution in [1.29, 1.82) is 0 Å². The maximum absolute atomic E-state index is 9.64. The van der Waals surface area contributed by atoms with Crippen molar-refractivity contribution in [2.75, 3.05) is 40.3 Å². The van der Waals surface area contributed by atoms with Crippen LogP contribution in [0, 0.1) is 0 Å². The topological polar surface area (TPSA) is 126 Å². The van der Waals surface area contributed by atoms with E-state index in [0.29, 0.717) is 6.08 Å². The number of hydrogen-bond donors (Lipinski definition) is 2. The van der Waals surface area contributed by atoms with Crippen molar-refractivity contribution >= 4 is 23.6 Å². The molecule has 2 N–H and O–H groups in total. The Kier molecular flexibility index (Phi) is 12.3. The Morgan fingerprint density at radius 1 is 0.769 bits per heavy atom. The van der Waals surface area contributed by atoms with E-state index >= 15 is 0 Å². The lowest BCUT2D eigenvalue weighted by atomic mass is 9.90. The Labute approximate surface area is 305 Å². The maximum atomic E-state index is 9.64. The number of nitrogens with zero attached hydrogens (tertiary/aromatic N) is 6. The predicted octanol–water partition coefficient (Wildman–Crippen LogP) is 5.18. The zero-order valence-electron chi connectivity index (χ0n) is 30.1. The summed E-state index contributed by atoms with van der Waals surface area (Å²) in [7, 11) is 4.40. The summed E-state index contributed by atoms with van der Waals surface area (Å²) in [6, 6.07) is 17.6. The average molecular weight is 705 g/mol. The molecular formula is C41H48N6O5. The number of carbonyl (C=O) groups is 2. The Hall–Kier alpha value is -5.10. The number of benzene rings is 2. The van der Waals surface area contributed by atoms with Crippen LogP contribution in [0.25, 0.3) is 11.1 Å². The van der Waals surface area contributed by atoms with Crippen LogP contribution in [0.1, 0.15) is 65.3 Å². The minimum Gasteiger partial charge on any atom is -0.478 e. The molecule has 0 saturated carbocycles. The number of carboxylic acids is 1. The molecule has 272 valence electrons. The molecule has 2 saturated heterocycles. The molecular weight excluding hydrogens is 656 g/mol. The number of aryl methyl sites for hydroxylation is 3. The van der Waals surface area contributed by atoms with Gasteiger partial charge in [0.25, 0.3) is 6.47 Å². The second kappa shape index (κ2) is 17.4. The standard InChI is InChI=1S/C19H23N3O.C18H21N3.C4H4O4/c1-21-9-6-15(7-10-21)18-17-5-3-2-4-14(17)8-11-22-16(13-23)12-20-19(18)22;1-20-10-6-15(7-11-20)17-16-5-3-2-4-14(16)8-12-21-13-9-19-18(17)21;5-3-8-2-1-4(6)7/h2-5,12,23H,6-11,13H2,1H3;2-5,9,13H,6-8,10-12H2,1H3;1-3H,(H,6,7)/b;;2-1-. The van der Waals surface area contributed by atoms with Gasteiger partial charge in [-0.2, -0.15) is 0 Å². The first-order chi connectivity index (χ1) is 25.4. The minimum atomic E-state index is -1.15. The lowest BCUT2D eigenvalue weighted by Crippen LogP contribution is -2.27. The van der Waals surface area contributed by atoms with E-state index in [0.717, 1.165) is 95.6 Å². The normalized spacial score (nSPS) is 17.3. The van der Waals surface area contributed by atoms with Gasteiger partial charge in [-0.15, -0.1) is 0 Å². The van der Waals surface area contributed by atoms with Crippen LogP contribution in [-0.4, -0.2) is 91.8 Å². The highest BCUT2D eigenvalue weighted by Crippen LogP contribution is 2.37. The molecule has 11 heteroatoms. The number of ether oxygens (including phenoxy) is 1. The van der Waals surface area contributed by atoms with Gasteiger partial charge in [-0.1, -0.05) is 59.7 Å². The second-order valence-corrected chi connectivity index (χ2v) is 13.6. The molecule has 2 fully saturated rings. The van der Waals surface area contributed by atoms with Crippen LogP contribution < -0.4 is 0 Å². The predicted molar refractivity (Wildman–Crippen MR) is 200 cm³/mol. The van der Waals surface area contributed by atoms with Crippen molar-refractivity contribution in [1.82, 2.24) is 28.9 Å². The number of imidazole rings is 2. The SMILES string of the molecule is CN1CCC(=C2c3ccccc3CCn3c(CO)cnc32)CC1.CN1CCC(=C2c3ccccc3CCn3ccnc32)CC1.O=CO/C=C\C(=O)O. The number of piperidine rings is 2. The number of likely N-dealkylation sites (tertiary alicyclic amines) is 2. The summed E-state index contributed by atoms with van der Waals surface area (Å²) < 4.78 is 8.43. The van der Waals surface area contributed by atoms with Crippen LogP contribution in [0.4, 0.5) is 0 Å². The van der Waals surface area contributed by atoms with Gasteiger partial charge in [0.2, 0.25) is 0 Å². The van der Waals surface area contributed by atoms with Crippen molar-refractivity contribution in [2.45, 2.75) is 58.2 Å². The molecule has 0 bridgehead atoms. The Morgan fingerprint density at radius 3 is 1.88 bits per heavy atom. The number of aliphatic hydroxyl groups is 1. The molecule has 4 aliphatic rings. The van der Waals surface area contributed by atoms with Gasteiger partial charge in [0.15, 0.2) is 0 Å². The monoisotopic (exact) mass is 704 g/mol. The summed E-state index contributed by atoms with van der Waals surface area (Å²) in [6.45, 7) is 6.63. The number of fused-ring (bicyclic) bond motifs is 4. The summed E-state index contributed by atoms with van der Waals surface area (Å²) in [5, 5.41) is 17.5. The van der Waals surface area contributed by atoms with Crippen LogP contribution in [-0.2, 0) is 46.9 Å². The summed E-state index contributed by atoms with van der Waals surface area (Å²) in [6.07, 6.45) is 14.0. The molecule has 2 aromatic carbocycles. The third-order valence-corrected chi connectivity index (χ3v) is 10.3. The van der Waals surface area contributed by atoms with E-state index in [1.807, 2.05) is 12.4 Å². The van der Waals surface area contributed by atoms with Crippen LogP contribution in [0.5, 0.6) is 0 Å². The highest BCUT2D eigenvalue weighted by atomic mass is 16.5. The molecule has 6 heterocycles. The van der Waals surface area contributed by atoms with E-state index in [2.05, 4.69) is 97.5 Å². The van der Waals surface area contributed by atoms with Gasteiger partial charge in [-0.3, -0.25) is 4.79 Å². The van der Waals surface area contributed by atoms with Gasteiger partial charge < -0.3 is 33.9 Å². The van der Waals surface area contributed by atoms with Crippen molar-refractivity contribution < 1.29 is 24.5 Å². The largest absolute Gasteiger partial charge is 0.478 e. The lowest BCUT2D eigenvalue weighted by Gasteiger charge is -2.26. The molecule has 0 amide bonds. The van der Waals surface area contributed by atoms with E-state index in [1.54, 1.807) is 5.57 Å². The zero-order chi connectivity index (χ0) is 36.5. The van der Waals surface area contributed by atoms with Crippen molar-refractivity contribution in [3.8, 4) is 0 Å². The van der Waals surface area contributed by atoms with Crippen molar-refractivity contribution in [3.63, 3.8) is 0 Å². The van der Waals surface area contributed by atoms with Gasteiger partial charge in [-0.05, 0) is 74.9 Å². The maximum Gasteiger partial charge on any atom is 0.331 e. The van der Waals surface area contributed by atoms with E-state index in [9.17, 15) is 14.7 Å². The average Bonchev–Trinajstić information content (AvgIpc) is 3.72. The van der Waals surface area contributed by atoms with Crippen LogP contribution in [0.3, 0.4) is 0 Å². The first-order valence-corrected chi connectivity index (χ1v) is 18.0. The molecule has 8 rings (SSSR count).